The second kappa shape index (κ2) is 7.83. The minimum absolute atomic E-state index is 0.00849. The molecule has 150 valence electrons. The van der Waals surface area contributed by atoms with Gasteiger partial charge in [0.1, 0.15) is 5.82 Å². The molecule has 0 radical (unpaired) electrons. The van der Waals surface area contributed by atoms with E-state index in [2.05, 4.69) is 9.88 Å². The quantitative estimate of drug-likeness (QED) is 0.700. The fourth-order valence-corrected chi connectivity index (χ4v) is 4.37. The molecule has 0 atom stereocenters. The monoisotopic (exact) mass is 385 g/mol. The Bertz CT molecular complexity index is 919. The number of benzene rings is 1. The van der Waals surface area contributed by atoms with E-state index in [-0.39, 0.29) is 22.8 Å². The minimum Gasteiger partial charge on any atom is -0.504 e. The summed E-state index contributed by atoms with van der Waals surface area (Å²) in [6.45, 7) is 1.92. The average Bonchev–Trinajstić information content (AvgIpc) is 2.71. The predicted octanol–water partition coefficient (Wildman–Crippen LogP) is 2.80. The number of ether oxygens (including phenoxy) is 1. The van der Waals surface area contributed by atoms with Crippen LogP contribution >= 0.6 is 0 Å². The van der Waals surface area contributed by atoms with Crippen LogP contribution in [-0.2, 0) is 19.5 Å². The van der Waals surface area contributed by atoms with Gasteiger partial charge < -0.3 is 19.9 Å². The van der Waals surface area contributed by atoms with Gasteiger partial charge >= 0.3 is 0 Å². The van der Waals surface area contributed by atoms with Crippen molar-refractivity contribution in [1.29, 1.82) is 0 Å². The highest BCUT2D eigenvalue weighted by atomic mass is 16.5. The smallest absolute Gasteiger partial charge is 0.254 e. The molecule has 1 fully saturated rings. The summed E-state index contributed by atoms with van der Waals surface area (Å²) in [5.74, 6) is 1.01. The summed E-state index contributed by atoms with van der Waals surface area (Å²) in [5, 5.41) is 19.7. The van der Waals surface area contributed by atoms with E-state index >= 15 is 0 Å². The van der Waals surface area contributed by atoms with Crippen LogP contribution in [0.15, 0.2) is 16.9 Å². The van der Waals surface area contributed by atoms with Crippen LogP contribution in [0.2, 0.25) is 0 Å². The second-order valence-corrected chi connectivity index (χ2v) is 7.84. The maximum Gasteiger partial charge on any atom is 0.254 e. The Morgan fingerprint density at radius 2 is 2.04 bits per heavy atom. The molecule has 0 saturated heterocycles. The molecule has 1 aromatic carbocycles. The fraction of sp³-hybridized carbons (Fsp3) is 0.524. The molecule has 7 heteroatoms. The van der Waals surface area contributed by atoms with Crippen molar-refractivity contribution in [2.24, 2.45) is 0 Å². The summed E-state index contributed by atoms with van der Waals surface area (Å²) in [7, 11) is 1.46. The number of H-pyrrole nitrogens is 1. The average molecular weight is 385 g/mol. The molecule has 3 N–H and O–H groups in total. The second-order valence-electron chi connectivity index (χ2n) is 7.84. The normalized spacial score (nSPS) is 18.0. The highest BCUT2D eigenvalue weighted by Crippen LogP contribution is 2.37. The number of hydrogen-bond acceptors (Lipinski definition) is 6. The first-order valence-electron chi connectivity index (χ1n) is 9.98. The van der Waals surface area contributed by atoms with Crippen molar-refractivity contribution in [3.05, 3.63) is 45.1 Å². The van der Waals surface area contributed by atoms with Crippen LogP contribution in [0.1, 0.15) is 60.7 Å². The van der Waals surface area contributed by atoms with Crippen molar-refractivity contribution in [2.45, 2.75) is 57.5 Å². The van der Waals surface area contributed by atoms with E-state index in [0.29, 0.717) is 25.4 Å². The van der Waals surface area contributed by atoms with Gasteiger partial charge in [0.05, 0.1) is 12.8 Å². The maximum atomic E-state index is 12.6. The van der Waals surface area contributed by atoms with E-state index in [1.54, 1.807) is 12.1 Å². The number of nitrogens with zero attached hydrogens (tertiary/aromatic N) is 2. The van der Waals surface area contributed by atoms with Gasteiger partial charge in [-0.3, -0.25) is 9.69 Å². The Morgan fingerprint density at radius 3 is 2.79 bits per heavy atom. The van der Waals surface area contributed by atoms with Gasteiger partial charge in [-0.15, -0.1) is 0 Å². The zero-order chi connectivity index (χ0) is 19.7. The van der Waals surface area contributed by atoms with E-state index in [1.165, 1.54) is 26.4 Å². The van der Waals surface area contributed by atoms with Crippen LogP contribution in [0.5, 0.6) is 17.2 Å². The third-order valence-corrected chi connectivity index (χ3v) is 5.90. The molecule has 28 heavy (non-hydrogen) atoms. The first-order chi connectivity index (χ1) is 13.5. The maximum absolute atomic E-state index is 12.6. The van der Waals surface area contributed by atoms with Crippen molar-refractivity contribution in [3.8, 4) is 17.2 Å². The van der Waals surface area contributed by atoms with Crippen molar-refractivity contribution in [3.63, 3.8) is 0 Å². The van der Waals surface area contributed by atoms with Crippen LogP contribution in [0, 0.1) is 0 Å². The molecule has 4 rings (SSSR count). The molecule has 7 nitrogen and oxygen atoms in total. The number of phenols is 2. The molecule has 0 bridgehead atoms. The van der Waals surface area contributed by atoms with E-state index < -0.39 is 0 Å². The van der Waals surface area contributed by atoms with Gasteiger partial charge in [0.2, 0.25) is 5.75 Å². The van der Waals surface area contributed by atoms with Crippen LogP contribution in [0.25, 0.3) is 0 Å². The molecule has 0 amide bonds. The topological polar surface area (TPSA) is 98.7 Å². The Morgan fingerprint density at radius 1 is 1.25 bits per heavy atom. The third kappa shape index (κ3) is 3.71. The van der Waals surface area contributed by atoms with Gasteiger partial charge in [-0.25, -0.2) is 4.98 Å². The van der Waals surface area contributed by atoms with Gasteiger partial charge in [0.25, 0.3) is 5.56 Å². The van der Waals surface area contributed by atoms with E-state index in [4.69, 9.17) is 9.72 Å². The molecule has 1 aliphatic carbocycles. The molecule has 2 aliphatic rings. The fourth-order valence-electron chi connectivity index (χ4n) is 4.37. The number of aromatic amines is 1. The van der Waals surface area contributed by atoms with Gasteiger partial charge in [-0.05, 0) is 37.0 Å². The summed E-state index contributed by atoms with van der Waals surface area (Å²) in [6.07, 6.45) is 6.51. The van der Waals surface area contributed by atoms with E-state index in [0.717, 1.165) is 42.0 Å². The van der Waals surface area contributed by atoms with Crippen molar-refractivity contribution >= 4 is 0 Å². The van der Waals surface area contributed by atoms with Crippen LogP contribution < -0.4 is 10.3 Å². The highest BCUT2D eigenvalue weighted by molar-refractivity contribution is 5.51. The number of methoxy groups -OCH3 is 1. The standard InChI is InChI=1S/C21H27N3O4/c1-28-18-10-13(9-17(25)19(18)26)11-24-8-7-15-16(12-24)22-20(23-21(15)27)14-5-3-2-4-6-14/h9-10,14,25-26H,2-8,11-12H2,1H3,(H,22,23,27). The predicted molar refractivity (Wildman–Crippen MR) is 105 cm³/mol. The zero-order valence-electron chi connectivity index (χ0n) is 16.2. The Hall–Kier alpha value is -2.54. The lowest BCUT2D eigenvalue weighted by Gasteiger charge is -2.29. The summed E-state index contributed by atoms with van der Waals surface area (Å²) in [6, 6.07) is 3.27. The summed E-state index contributed by atoms with van der Waals surface area (Å²) < 4.78 is 5.12. The van der Waals surface area contributed by atoms with Gasteiger partial charge in [-0.1, -0.05) is 19.3 Å². The largest absolute Gasteiger partial charge is 0.504 e. The van der Waals surface area contributed by atoms with Gasteiger partial charge in [-0.2, -0.15) is 0 Å². The SMILES string of the molecule is COc1cc(CN2CCc3c(nc(C4CCCCC4)[nH]c3=O)C2)cc(O)c1O. The van der Waals surface area contributed by atoms with Crippen molar-refractivity contribution < 1.29 is 14.9 Å². The number of nitrogens with one attached hydrogen (secondary N) is 1. The van der Waals surface area contributed by atoms with E-state index in [1.807, 2.05) is 0 Å². The molecule has 1 aromatic heterocycles. The summed E-state index contributed by atoms with van der Waals surface area (Å²) >= 11 is 0. The van der Waals surface area contributed by atoms with Crippen LogP contribution in [0.4, 0.5) is 0 Å². The first kappa shape index (κ1) is 18.8. The van der Waals surface area contributed by atoms with Crippen molar-refractivity contribution in [1.82, 2.24) is 14.9 Å². The number of fused-ring (bicyclic) bond motifs is 1. The lowest BCUT2D eigenvalue weighted by atomic mass is 9.88. The molecular formula is C21H27N3O4. The molecular weight excluding hydrogens is 358 g/mol. The van der Waals surface area contributed by atoms with Crippen LogP contribution in [0.3, 0.4) is 0 Å². The lowest BCUT2D eigenvalue weighted by Crippen LogP contribution is -2.35. The zero-order valence-corrected chi connectivity index (χ0v) is 16.2. The first-order valence-corrected chi connectivity index (χ1v) is 9.98. The Kier molecular flexibility index (Phi) is 5.26. The lowest BCUT2D eigenvalue weighted by molar-refractivity contribution is 0.238. The Labute approximate surface area is 164 Å². The van der Waals surface area contributed by atoms with E-state index in [9.17, 15) is 15.0 Å². The summed E-state index contributed by atoms with van der Waals surface area (Å²) in [5.41, 5.74) is 2.51. The number of phenolic OH excluding ortho intramolecular Hbond substituents is 2. The highest BCUT2D eigenvalue weighted by Gasteiger charge is 2.25. The molecule has 2 heterocycles. The minimum atomic E-state index is -0.249. The Balaban J connectivity index is 1.55. The number of aromatic hydroxyl groups is 2. The number of aromatic nitrogens is 2. The molecule has 0 unspecified atom stereocenters. The number of hydrogen-bond donors (Lipinski definition) is 3. The molecule has 1 aliphatic heterocycles. The molecule has 0 spiro atoms. The third-order valence-electron chi connectivity index (χ3n) is 5.90. The van der Waals surface area contributed by atoms with Crippen molar-refractivity contribution in [2.75, 3.05) is 13.7 Å². The van der Waals surface area contributed by atoms with Gasteiger partial charge in [0.15, 0.2) is 11.5 Å². The van der Waals surface area contributed by atoms with Gasteiger partial charge in [0, 0.05) is 31.1 Å². The summed E-state index contributed by atoms with van der Waals surface area (Å²) in [4.78, 5) is 22.6. The molecule has 1 saturated carbocycles. The molecule has 2 aromatic rings. The van der Waals surface area contributed by atoms with Crippen LogP contribution in [-0.4, -0.2) is 38.7 Å². The number of rotatable bonds is 4.